The van der Waals surface area contributed by atoms with Gasteiger partial charge in [0.25, 0.3) is 0 Å². The van der Waals surface area contributed by atoms with Crippen LogP contribution in [0.25, 0.3) is 0 Å². The van der Waals surface area contributed by atoms with Gasteiger partial charge in [0.15, 0.2) is 0 Å². The number of rotatable bonds is 4. The van der Waals surface area contributed by atoms with Crippen molar-refractivity contribution >= 4 is 40.9 Å². The lowest BCUT2D eigenvalue weighted by molar-refractivity contribution is 0.0660. The van der Waals surface area contributed by atoms with E-state index in [2.05, 4.69) is 10.6 Å². The van der Waals surface area contributed by atoms with Gasteiger partial charge in [-0.25, -0.2) is 9.59 Å². The number of anilines is 1. The Labute approximate surface area is 129 Å². The number of halogens is 2. The van der Waals surface area contributed by atoms with Crippen LogP contribution in [0.4, 0.5) is 10.5 Å². The molecule has 0 unspecified atom stereocenters. The van der Waals surface area contributed by atoms with Gasteiger partial charge in [-0.2, -0.15) is 0 Å². The second kappa shape index (κ2) is 6.51. The van der Waals surface area contributed by atoms with Gasteiger partial charge in [0, 0.05) is 0 Å². The van der Waals surface area contributed by atoms with Crippen molar-refractivity contribution in [1.82, 2.24) is 5.32 Å². The number of carbonyl (C=O) groups excluding carboxylic acids is 1. The van der Waals surface area contributed by atoms with Crippen molar-refractivity contribution in [2.75, 3.05) is 5.32 Å². The Morgan fingerprint density at radius 1 is 1.14 bits per heavy atom. The molecule has 0 aliphatic heterocycles. The van der Waals surface area contributed by atoms with Crippen LogP contribution in [0.5, 0.6) is 0 Å². The van der Waals surface area contributed by atoms with Gasteiger partial charge in [-0.3, -0.25) is 0 Å². The molecule has 2 amide bonds. The number of hydrogen-bond donors (Lipinski definition) is 3. The first-order chi connectivity index (χ1) is 9.97. The van der Waals surface area contributed by atoms with Crippen LogP contribution in [0.3, 0.4) is 0 Å². The molecule has 2 aromatic rings. The van der Waals surface area contributed by atoms with E-state index in [1.54, 1.807) is 18.2 Å². The maximum Gasteiger partial charge on any atom is 0.371 e. The van der Waals surface area contributed by atoms with Crippen LogP contribution in [0.2, 0.25) is 10.0 Å². The molecule has 0 saturated heterocycles. The molecule has 3 N–H and O–H groups in total. The molecule has 0 spiro atoms. The Hall–Kier alpha value is -2.18. The zero-order chi connectivity index (χ0) is 15.4. The predicted molar refractivity (Wildman–Crippen MR) is 78.0 cm³/mol. The van der Waals surface area contributed by atoms with Crippen LogP contribution in [-0.4, -0.2) is 17.1 Å². The quantitative estimate of drug-likeness (QED) is 0.799. The molecule has 0 aliphatic rings. The number of nitrogens with one attached hydrogen (secondary N) is 2. The zero-order valence-corrected chi connectivity index (χ0v) is 12.0. The summed E-state index contributed by atoms with van der Waals surface area (Å²) in [7, 11) is 0. The molecule has 0 fully saturated rings. The van der Waals surface area contributed by atoms with E-state index in [0.717, 1.165) is 0 Å². The fourth-order valence-corrected chi connectivity index (χ4v) is 2.02. The number of para-hydroxylation sites is 1. The third kappa shape index (κ3) is 3.90. The van der Waals surface area contributed by atoms with Crippen LogP contribution in [0.15, 0.2) is 34.7 Å². The smallest absolute Gasteiger partial charge is 0.371 e. The topological polar surface area (TPSA) is 91.6 Å². The molecule has 0 saturated carbocycles. The molecule has 110 valence electrons. The number of carbonyl (C=O) groups is 2. The van der Waals surface area contributed by atoms with Crippen molar-refractivity contribution in [2.24, 2.45) is 0 Å². The second-order valence-electron chi connectivity index (χ2n) is 3.98. The molecule has 21 heavy (non-hydrogen) atoms. The van der Waals surface area contributed by atoms with Gasteiger partial charge in [0.1, 0.15) is 5.76 Å². The van der Waals surface area contributed by atoms with Crippen LogP contribution < -0.4 is 10.6 Å². The van der Waals surface area contributed by atoms with E-state index in [9.17, 15) is 9.59 Å². The molecule has 6 nitrogen and oxygen atoms in total. The van der Waals surface area contributed by atoms with Gasteiger partial charge in [-0.05, 0) is 24.3 Å². The number of carboxylic acid groups (broad SMARTS) is 1. The molecule has 0 atom stereocenters. The monoisotopic (exact) mass is 328 g/mol. The Bertz CT molecular complexity index is 664. The number of carboxylic acids is 1. The first-order valence-corrected chi connectivity index (χ1v) is 6.54. The Balaban J connectivity index is 1.94. The number of amides is 2. The normalized spacial score (nSPS) is 10.2. The van der Waals surface area contributed by atoms with Gasteiger partial charge < -0.3 is 20.2 Å². The Kier molecular flexibility index (Phi) is 4.72. The van der Waals surface area contributed by atoms with Crippen molar-refractivity contribution in [1.29, 1.82) is 0 Å². The van der Waals surface area contributed by atoms with E-state index in [-0.39, 0.29) is 12.3 Å². The fraction of sp³-hybridized carbons (Fsp3) is 0.0769. The van der Waals surface area contributed by atoms with Crippen LogP contribution in [0.1, 0.15) is 16.3 Å². The summed E-state index contributed by atoms with van der Waals surface area (Å²) in [6, 6.07) is 7.07. The second-order valence-corrected chi connectivity index (χ2v) is 4.79. The minimum absolute atomic E-state index is 0.0290. The van der Waals surface area contributed by atoms with Crippen LogP contribution in [-0.2, 0) is 6.54 Å². The molecule has 1 heterocycles. The summed E-state index contributed by atoms with van der Waals surface area (Å²) >= 11 is 11.8. The summed E-state index contributed by atoms with van der Waals surface area (Å²) < 4.78 is 5.00. The molecule has 0 aliphatic carbocycles. The number of aromatic carboxylic acids is 1. The fourth-order valence-electron chi connectivity index (χ4n) is 1.53. The van der Waals surface area contributed by atoms with E-state index < -0.39 is 12.0 Å². The van der Waals surface area contributed by atoms with Crippen LogP contribution in [0, 0.1) is 0 Å². The first kappa shape index (κ1) is 15.2. The lowest BCUT2D eigenvalue weighted by atomic mass is 10.3. The van der Waals surface area contributed by atoms with Gasteiger partial charge in [-0.1, -0.05) is 29.3 Å². The molecular weight excluding hydrogens is 319 g/mol. The van der Waals surface area contributed by atoms with Crippen molar-refractivity contribution in [3.05, 3.63) is 51.9 Å². The number of hydrogen-bond acceptors (Lipinski definition) is 3. The van der Waals surface area contributed by atoms with Crippen molar-refractivity contribution in [2.45, 2.75) is 6.54 Å². The molecular formula is C13H10Cl2N2O4. The summed E-state index contributed by atoms with van der Waals surface area (Å²) in [4.78, 5) is 22.4. The zero-order valence-electron chi connectivity index (χ0n) is 10.5. The summed E-state index contributed by atoms with van der Waals surface area (Å²) in [5.74, 6) is -1.05. The van der Waals surface area contributed by atoms with Crippen molar-refractivity contribution in [3.63, 3.8) is 0 Å². The predicted octanol–water partition coefficient (Wildman–Crippen LogP) is 3.61. The third-order valence-corrected chi connectivity index (χ3v) is 3.13. The summed E-state index contributed by atoms with van der Waals surface area (Å²) in [6.45, 7) is 0.0290. The van der Waals surface area contributed by atoms with E-state index in [1.165, 1.54) is 12.1 Å². The summed E-state index contributed by atoms with van der Waals surface area (Å²) in [5, 5.41) is 14.3. The first-order valence-electron chi connectivity index (χ1n) is 5.78. The van der Waals surface area contributed by atoms with Gasteiger partial charge in [0.05, 0.1) is 22.3 Å². The SMILES string of the molecule is O=C(NCc1ccc(C(=O)O)o1)Nc1c(Cl)cccc1Cl. The highest BCUT2D eigenvalue weighted by Gasteiger charge is 2.11. The highest BCUT2D eigenvalue weighted by molar-refractivity contribution is 6.39. The van der Waals surface area contributed by atoms with Gasteiger partial charge >= 0.3 is 12.0 Å². The Morgan fingerprint density at radius 2 is 1.81 bits per heavy atom. The lowest BCUT2D eigenvalue weighted by Crippen LogP contribution is -2.28. The van der Waals surface area contributed by atoms with E-state index in [4.69, 9.17) is 32.7 Å². The molecule has 1 aromatic heterocycles. The van der Waals surface area contributed by atoms with Crippen LogP contribution >= 0.6 is 23.2 Å². The molecule has 0 radical (unpaired) electrons. The van der Waals surface area contributed by atoms with E-state index in [1.807, 2.05) is 0 Å². The van der Waals surface area contributed by atoms with Gasteiger partial charge in [0.2, 0.25) is 5.76 Å². The summed E-state index contributed by atoms with van der Waals surface area (Å²) in [6.07, 6.45) is 0. The molecule has 2 rings (SSSR count). The third-order valence-electron chi connectivity index (χ3n) is 2.50. The van der Waals surface area contributed by atoms with E-state index >= 15 is 0 Å². The maximum atomic E-state index is 11.7. The Morgan fingerprint density at radius 3 is 2.38 bits per heavy atom. The minimum atomic E-state index is -1.17. The number of benzene rings is 1. The number of urea groups is 1. The average molecular weight is 329 g/mol. The highest BCUT2D eigenvalue weighted by Crippen LogP contribution is 2.29. The molecule has 1 aromatic carbocycles. The number of furan rings is 1. The minimum Gasteiger partial charge on any atom is -0.475 e. The van der Waals surface area contributed by atoms with Crippen molar-refractivity contribution in [3.8, 4) is 0 Å². The molecule has 0 bridgehead atoms. The summed E-state index contributed by atoms with van der Waals surface area (Å²) in [5.41, 5.74) is 0.295. The lowest BCUT2D eigenvalue weighted by Gasteiger charge is -2.09. The average Bonchev–Trinajstić information content (AvgIpc) is 2.90. The maximum absolute atomic E-state index is 11.7. The highest BCUT2D eigenvalue weighted by atomic mass is 35.5. The standard InChI is InChI=1S/C13H10Cl2N2O4/c14-8-2-1-3-9(15)11(8)17-13(20)16-6-7-4-5-10(21-7)12(18)19/h1-5H,6H2,(H,18,19)(H2,16,17,20). The molecule has 8 heteroatoms. The van der Waals surface area contributed by atoms with Gasteiger partial charge in [-0.15, -0.1) is 0 Å². The largest absolute Gasteiger partial charge is 0.475 e. The van der Waals surface area contributed by atoms with E-state index in [0.29, 0.717) is 21.5 Å². The van der Waals surface area contributed by atoms with Crippen molar-refractivity contribution < 1.29 is 19.1 Å².